The third-order valence-corrected chi connectivity index (χ3v) is 5.60. The maximum Gasteiger partial charge on any atom is 0.262 e. The highest BCUT2D eigenvalue weighted by molar-refractivity contribution is 9.10. The number of rotatable bonds is 5. The maximum atomic E-state index is 12.4. The summed E-state index contributed by atoms with van der Waals surface area (Å²) in [6.45, 7) is 0.365. The number of sulfonamides is 1. The number of aromatic nitrogens is 4. The first-order valence-electron chi connectivity index (χ1n) is 5.83. The SMILES string of the molecule is CN(CCc1ccncc1)S(=O)(=O)c1c(Br)nnn1C. The third kappa shape index (κ3) is 3.05. The Morgan fingerprint density at radius 2 is 2.00 bits per heavy atom. The van der Waals surface area contributed by atoms with Crippen LogP contribution in [0.2, 0.25) is 0 Å². The fourth-order valence-electron chi connectivity index (χ4n) is 1.70. The molecule has 0 unspecified atom stereocenters. The highest BCUT2D eigenvalue weighted by Gasteiger charge is 2.28. The van der Waals surface area contributed by atoms with E-state index in [9.17, 15) is 8.42 Å². The molecule has 108 valence electrons. The lowest BCUT2D eigenvalue weighted by atomic mass is 10.2. The molecule has 2 heterocycles. The lowest BCUT2D eigenvalue weighted by Crippen LogP contribution is -2.30. The van der Waals surface area contributed by atoms with E-state index >= 15 is 0 Å². The molecule has 0 fully saturated rings. The van der Waals surface area contributed by atoms with Crippen molar-refractivity contribution in [1.82, 2.24) is 24.3 Å². The van der Waals surface area contributed by atoms with Gasteiger partial charge in [0.1, 0.15) is 0 Å². The molecule has 0 amide bonds. The number of hydrogen-bond donors (Lipinski definition) is 0. The van der Waals surface area contributed by atoms with E-state index in [0.717, 1.165) is 5.56 Å². The van der Waals surface area contributed by atoms with E-state index < -0.39 is 10.0 Å². The van der Waals surface area contributed by atoms with E-state index in [1.165, 1.54) is 16.0 Å². The van der Waals surface area contributed by atoms with Crippen LogP contribution >= 0.6 is 15.9 Å². The zero-order valence-corrected chi connectivity index (χ0v) is 13.5. The summed E-state index contributed by atoms with van der Waals surface area (Å²) in [5, 5.41) is 7.44. The number of aryl methyl sites for hydroxylation is 1. The molecule has 0 N–H and O–H groups in total. The van der Waals surface area contributed by atoms with Gasteiger partial charge in [-0.25, -0.2) is 13.1 Å². The molecule has 0 aliphatic heterocycles. The topological polar surface area (TPSA) is 81.0 Å². The van der Waals surface area contributed by atoms with Gasteiger partial charge in [-0.2, -0.15) is 4.31 Å². The summed E-state index contributed by atoms with van der Waals surface area (Å²) in [4.78, 5) is 3.93. The van der Waals surface area contributed by atoms with Crippen molar-refractivity contribution in [3.63, 3.8) is 0 Å². The number of halogens is 1. The zero-order chi connectivity index (χ0) is 14.8. The summed E-state index contributed by atoms with van der Waals surface area (Å²) in [6, 6.07) is 3.73. The lowest BCUT2D eigenvalue weighted by Gasteiger charge is -2.16. The first kappa shape index (κ1) is 15.1. The van der Waals surface area contributed by atoms with Crippen LogP contribution < -0.4 is 0 Å². The van der Waals surface area contributed by atoms with Crippen molar-refractivity contribution in [2.45, 2.75) is 11.4 Å². The van der Waals surface area contributed by atoms with Crippen LogP contribution in [0.1, 0.15) is 5.56 Å². The van der Waals surface area contributed by atoms with Gasteiger partial charge in [-0.1, -0.05) is 5.21 Å². The minimum atomic E-state index is -3.62. The minimum Gasteiger partial charge on any atom is -0.265 e. The lowest BCUT2D eigenvalue weighted by molar-refractivity contribution is 0.462. The quantitative estimate of drug-likeness (QED) is 0.789. The molecule has 0 saturated carbocycles. The van der Waals surface area contributed by atoms with Gasteiger partial charge in [0.2, 0.25) is 5.03 Å². The van der Waals surface area contributed by atoms with Gasteiger partial charge < -0.3 is 0 Å². The molecule has 0 aliphatic carbocycles. The standard InChI is InChI=1S/C11H14BrN5O2S/c1-16(8-5-9-3-6-13-7-4-9)20(18,19)11-10(12)14-15-17(11)2/h3-4,6-7H,5,8H2,1-2H3. The molecular weight excluding hydrogens is 346 g/mol. The highest BCUT2D eigenvalue weighted by atomic mass is 79.9. The Balaban J connectivity index is 2.14. The summed E-state index contributed by atoms with van der Waals surface area (Å²) < 4.78 is 27.6. The van der Waals surface area contributed by atoms with Crippen molar-refractivity contribution in [3.8, 4) is 0 Å². The average molecular weight is 360 g/mol. The van der Waals surface area contributed by atoms with E-state index in [4.69, 9.17) is 0 Å². The van der Waals surface area contributed by atoms with E-state index in [2.05, 4.69) is 31.2 Å². The number of hydrogen-bond acceptors (Lipinski definition) is 5. The summed E-state index contributed by atoms with van der Waals surface area (Å²) in [7, 11) is -0.538. The van der Waals surface area contributed by atoms with Crippen molar-refractivity contribution < 1.29 is 8.42 Å². The van der Waals surface area contributed by atoms with Crippen molar-refractivity contribution in [2.75, 3.05) is 13.6 Å². The molecule has 0 saturated heterocycles. The van der Waals surface area contributed by atoms with Crippen LogP contribution in [0.25, 0.3) is 0 Å². The predicted octanol–water partition coefficient (Wildman–Crippen LogP) is 0.836. The summed E-state index contributed by atoms with van der Waals surface area (Å²) in [5.74, 6) is 0. The van der Waals surface area contributed by atoms with Gasteiger partial charge in [-0.05, 0) is 40.0 Å². The summed E-state index contributed by atoms with van der Waals surface area (Å²) >= 11 is 3.11. The Bertz CT molecular complexity index is 667. The van der Waals surface area contributed by atoms with Crippen LogP contribution in [0.15, 0.2) is 34.2 Å². The second kappa shape index (κ2) is 5.98. The molecule has 20 heavy (non-hydrogen) atoms. The molecule has 0 radical (unpaired) electrons. The number of nitrogens with zero attached hydrogens (tertiary/aromatic N) is 5. The zero-order valence-electron chi connectivity index (χ0n) is 11.1. The van der Waals surface area contributed by atoms with Gasteiger partial charge >= 0.3 is 0 Å². The van der Waals surface area contributed by atoms with E-state index in [-0.39, 0.29) is 9.63 Å². The van der Waals surface area contributed by atoms with Crippen LogP contribution in [0.5, 0.6) is 0 Å². The maximum absolute atomic E-state index is 12.4. The molecule has 2 aromatic rings. The van der Waals surface area contributed by atoms with Gasteiger partial charge in [0.05, 0.1) is 0 Å². The van der Waals surface area contributed by atoms with Crippen molar-refractivity contribution in [3.05, 3.63) is 34.7 Å². The first-order valence-corrected chi connectivity index (χ1v) is 8.06. The predicted molar refractivity (Wildman–Crippen MR) is 76.5 cm³/mol. The van der Waals surface area contributed by atoms with E-state index in [1.807, 2.05) is 12.1 Å². The van der Waals surface area contributed by atoms with Crippen LogP contribution in [-0.2, 0) is 23.5 Å². The number of likely N-dealkylation sites (N-methyl/N-ethyl adjacent to an activating group) is 1. The second-order valence-corrected chi connectivity index (χ2v) is 6.95. The van der Waals surface area contributed by atoms with Gasteiger partial charge in [-0.3, -0.25) is 4.98 Å². The van der Waals surface area contributed by atoms with Gasteiger partial charge in [0, 0.05) is 33.0 Å². The number of pyridine rings is 1. The molecule has 9 heteroatoms. The van der Waals surface area contributed by atoms with Crippen molar-refractivity contribution in [1.29, 1.82) is 0 Å². The Morgan fingerprint density at radius 3 is 2.55 bits per heavy atom. The second-order valence-electron chi connectivity index (χ2n) is 4.24. The largest absolute Gasteiger partial charge is 0.265 e. The van der Waals surface area contributed by atoms with Crippen LogP contribution in [0.4, 0.5) is 0 Å². The molecule has 0 aliphatic rings. The molecule has 0 spiro atoms. The van der Waals surface area contributed by atoms with Crippen LogP contribution in [-0.4, -0.2) is 46.3 Å². The molecule has 0 bridgehead atoms. The smallest absolute Gasteiger partial charge is 0.262 e. The van der Waals surface area contributed by atoms with E-state index in [0.29, 0.717) is 13.0 Å². The van der Waals surface area contributed by atoms with E-state index in [1.54, 1.807) is 19.4 Å². The van der Waals surface area contributed by atoms with Gasteiger partial charge in [-0.15, -0.1) is 5.10 Å². The monoisotopic (exact) mass is 359 g/mol. The Morgan fingerprint density at radius 1 is 1.35 bits per heavy atom. The van der Waals surface area contributed by atoms with Gasteiger partial charge in [0.25, 0.3) is 10.0 Å². The molecule has 2 rings (SSSR count). The highest BCUT2D eigenvalue weighted by Crippen LogP contribution is 2.21. The Kier molecular flexibility index (Phi) is 4.51. The van der Waals surface area contributed by atoms with Crippen LogP contribution in [0, 0.1) is 0 Å². The molecule has 0 atom stereocenters. The van der Waals surface area contributed by atoms with Crippen molar-refractivity contribution in [2.24, 2.45) is 7.05 Å². The third-order valence-electron chi connectivity index (χ3n) is 2.86. The molecular formula is C11H14BrN5O2S. The molecule has 7 nitrogen and oxygen atoms in total. The average Bonchev–Trinajstić information content (AvgIpc) is 2.77. The fraction of sp³-hybridized carbons (Fsp3) is 0.364. The Hall–Kier alpha value is -1.32. The Labute approximate surface area is 125 Å². The molecule has 2 aromatic heterocycles. The summed E-state index contributed by atoms with van der Waals surface area (Å²) in [5.41, 5.74) is 1.03. The normalized spacial score (nSPS) is 12.0. The van der Waals surface area contributed by atoms with Crippen LogP contribution in [0.3, 0.4) is 0 Å². The first-order chi connectivity index (χ1) is 9.43. The van der Waals surface area contributed by atoms with Crippen molar-refractivity contribution >= 4 is 26.0 Å². The fourth-order valence-corrected chi connectivity index (χ4v) is 3.89. The van der Waals surface area contributed by atoms with Gasteiger partial charge in [0.15, 0.2) is 4.60 Å². The summed E-state index contributed by atoms with van der Waals surface area (Å²) in [6.07, 6.45) is 3.98. The minimum absolute atomic E-state index is 0.0507. The molecule has 0 aromatic carbocycles.